The second-order valence-electron chi connectivity index (χ2n) is 8.26. The van der Waals surface area contributed by atoms with E-state index in [0.717, 1.165) is 16.5 Å². The number of hydrogen-bond acceptors (Lipinski definition) is 7. The summed E-state index contributed by atoms with van der Waals surface area (Å²) < 4.78 is 22.5. The predicted octanol–water partition coefficient (Wildman–Crippen LogP) is 3.02. The van der Waals surface area contributed by atoms with Crippen LogP contribution in [0.25, 0.3) is 22.1 Å². The Morgan fingerprint density at radius 2 is 1.74 bits per heavy atom. The van der Waals surface area contributed by atoms with Gasteiger partial charge in [0.1, 0.15) is 29.6 Å². The van der Waals surface area contributed by atoms with Gasteiger partial charge in [0.25, 0.3) is 0 Å². The maximum atomic E-state index is 12.7. The normalized spacial score (nSPS) is 25.5. The van der Waals surface area contributed by atoms with Crippen LogP contribution >= 0.6 is 0 Å². The molecule has 164 valence electrons. The Morgan fingerprint density at radius 3 is 2.42 bits per heavy atom. The van der Waals surface area contributed by atoms with Crippen LogP contribution in [-0.4, -0.2) is 47.5 Å². The molecular weight excluding hydrogens is 400 g/mol. The number of aryl methyl sites for hydroxylation is 1. The Morgan fingerprint density at radius 1 is 1.03 bits per heavy atom. The maximum Gasteiger partial charge on any atom is 0.344 e. The summed E-state index contributed by atoms with van der Waals surface area (Å²) in [5, 5.41) is 21.6. The summed E-state index contributed by atoms with van der Waals surface area (Å²) >= 11 is 0. The zero-order chi connectivity index (χ0) is 22.3. The van der Waals surface area contributed by atoms with Crippen molar-refractivity contribution in [3.63, 3.8) is 0 Å². The van der Waals surface area contributed by atoms with E-state index in [2.05, 4.69) is 0 Å². The van der Waals surface area contributed by atoms with Gasteiger partial charge in [-0.25, -0.2) is 4.79 Å². The van der Waals surface area contributed by atoms with Crippen LogP contribution in [0, 0.1) is 6.92 Å². The predicted molar refractivity (Wildman–Crippen MR) is 115 cm³/mol. The largest absolute Gasteiger partial charge is 0.462 e. The summed E-state index contributed by atoms with van der Waals surface area (Å²) in [7, 11) is 1.45. The quantitative estimate of drug-likeness (QED) is 0.619. The number of ether oxygens (including phenoxy) is 3. The van der Waals surface area contributed by atoms with E-state index in [4.69, 9.17) is 18.6 Å². The van der Waals surface area contributed by atoms with Gasteiger partial charge in [-0.2, -0.15) is 0 Å². The van der Waals surface area contributed by atoms with E-state index >= 15 is 0 Å². The lowest BCUT2D eigenvalue weighted by Gasteiger charge is -2.46. The monoisotopic (exact) mass is 426 g/mol. The summed E-state index contributed by atoms with van der Waals surface area (Å²) in [4.78, 5) is 12.7. The number of fused-ring (bicyclic) bond motifs is 1. The van der Waals surface area contributed by atoms with E-state index in [-0.39, 0.29) is 0 Å². The molecule has 0 spiro atoms. The lowest BCUT2D eigenvalue weighted by Crippen LogP contribution is -2.63. The number of benzene rings is 2. The molecule has 7 nitrogen and oxygen atoms in total. The zero-order valence-electron chi connectivity index (χ0n) is 17.9. The van der Waals surface area contributed by atoms with Crippen molar-refractivity contribution in [2.45, 2.75) is 51.0 Å². The topological polar surface area (TPSA) is 98.4 Å². The SMILES string of the molecule is CO[C@@H]1[C@H](O)[C@H](O)C(Oc2ccc3c(C)c(-c4ccccc4)c(=O)oc3c2)OC1(C)C. The third kappa shape index (κ3) is 3.85. The lowest BCUT2D eigenvalue weighted by atomic mass is 9.89. The van der Waals surface area contributed by atoms with E-state index in [1.165, 1.54) is 7.11 Å². The first kappa shape index (κ1) is 21.5. The fourth-order valence-corrected chi connectivity index (χ4v) is 4.19. The van der Waals surface area contributed by atoms with Gasteiger partial charge in [-0.15, -0.1) is 0 Å². The first-order valence-electron chi connectivity index (χ1n) is 10.1. The number of aliphatic hydroxyl groups is 2. The van der Waals surface area contributed by atoms with E-state index in [1.54, 1.807) is 32.0 Å². The van der Waals surface area contributed by atoms with Crippen LogP contribution in [0.15, 0.2) is 57.7 Å². The number of aliphatic hydroxyl groups excluding tert-OH is 2. The van der Waals surface area contributed by atoms with Gasteiger partial charge in [0.2, 0.25) is 6.29 Å². The first-order valence-corrected chi connectivity index (χ1v) is 10.1. The van der Waals surface area contributed by atoms with Crippen LogP contribution in [-0.2, 0) is 9.47 Å². The molecule has 0 amide bonds. The minimum absolute atomic E-state index is 0.338. The van der Waals surface area contributed by atoms with Crippen molar-refractivity contribution >= 4 is 11.0 Å². The van der Waals surface area contributed by atoms with Gasteiger partial charge in [-0.05, 0) is 44.0 Å². The molecule has 4 rings (SSSR count). The number of hydrogen-bond donors (Lipinski definition) is 2. The highest BCUT2D eigenvalue weighted by Crippen LogP contribution is 2.34. The molecule has 7 heteroatoms. The van der Waals surface area contributed by atoms with E-state index < -0.39 is 35.8 Å². The van der Waals surface area contributed by atoms with Crippen molar-refractivity contribution in [2.75, 3.05) is 7.11 Å². The van der Waals surface area contributed by atoms with Crippen molar-refractivity contribution in [3.8, 4) is 16.9 Å². The fourth-order valence-electron chi connectivity index (χ4n) is 4.19. The average Bonchev–Trinajstić information content (AvgIpc) is 2.72. The molecule has 4 atom stereocenters. The Bertz CT molecular complexity index is 1140. The molecule has 3 aromatic rings. The van der Waals surface area contributed by atoms with Crippen molar-refractivity contribution in [1.82, 2.24) is 0 Å². The van der Waals surface area contributed by atoms with Crippen molar-refractivity contribution in [2.24, 2.45) is 0 Å². The third-order valence-electron chi connectivity index (χ3n) is 5.75. The zero-order valence-corrected chi connectivity index (χ0v) is 17.9. The first-order chi connectivity index (χ1) is 14.7. The molecule has 2 heterocycles. The number of methoxy groups -OCH3 is 1. The summed E-state index contributed by atoms with van der Waals surface area (Å²) in [6.07, 6.45) is -4.34. The molecule has 0 aliphatic carbocycles. The Balaban J connectivity index is 1.67. The van der Waals surface area contributed by atoms with E-state index in [1.807, 2.05) is 37.3 Å². The van der Waals surface area contributed by atoms with Gasteiger partial charge < -0.3 is 28.8 Å². The molecular formula is C24H26O7. The van der Waals surface area contributed by atoms with E-state index in [0.29, 0.717) is 16.9 Å². The average molecular weight is 426 g/mol. The fraction of sp³-hybridized carbons (Fsp3) is 0.375. The van der Waals surface area contributed by atoms with Crippen molar-refractivity contribution in [3.05, 3.63) is 64.5 Å². The van der Waals surface area contributed by atoms with Crippen LogP contribution in [0.4, 0.5) is 0 Å². The van der Waals surface area contributed by atoms with Gasteiger partial charge in [-0.3, -0.25) is 0 Å². The number of rotatable bonds is 4. The van der Waals surface area contributed by atoms with Crippen molar-refractivity contribution in [1.29, 1.82) is 0 Å². The highest BCUT2D eigenvalue weighted by molar-refractivity contribution is 5.87. The second kappa shape index (κ2) is 8.09. The summed E-state index contributed by atoms with van der Waals surface area (Å²) in [6, 6.07) is 14.4. The lowest BCUT2D eigenvalue weighted by molar-refractivity contribution is -0.305. The molecule has 0 saturated carbocycles. The maximum absolute atomic E-state index is 12.7. The molecule has 1 unspecified atom stereocenters. The molecule has 2 aromatic carbocycles. The van der Waals surface area contributed by atoms with Crippen molar-refractivity contribution < 1.29 is 28.8 Å². The molecule has 1 saturated heterocycles. The van der Waals surface area contributed by atoms with Crippen LogP contribution in [0.1, 0.15) is 19.4 Å². The Kier molecular flexibility index (Phi) is 5.61. The van der Waals surface area contributed by atoms with Crippen LogP contribution < -0.4 is 10.4 Å². The molecule has 0 radical (unpaired) electrons. The molecule has 2 N–H and O–H groups in total. The van der Waals surface area contributed by atoms with Crippen LogP contribution in [0.5, 0.6) is 5.75 Å². The summed E-state index contributed by atoms with van der Waals surface area (Å²) in [5.41, 5.74) is 1.14. The van der Waals surface area contributed by atoms with Gasteiger partial charge in [-0.1, -0.05) is 30.3 Å². The molecule has 0 bridgehead atoms. The molecule has 1 aliphatic heterocycles. The Hall–Kier alpha value is -2.71. The highest BCUT2D eigenvalue weighted by atomic mass is 16.7. The second-order valence-corrected chi connectivity index (χ2v) is 8.26. The summed E-state index contributed by atoms with van der Waals surface area (Å²) in [5.74, 6) is 0.338. The molecule has 31 heavy (non-hydrogen) atoms. The smallest absolute Gasteiger partial charge is 0.344 e. The van der Waals surface area contributed by atoms with Crippen LogP contribution in [0.3, 0.4) is 0 Å². The molecule has 1 aromatic heterocycles. The molecule has 1 fully saturated rings. The van der Waals surface area contributed by atoms with E-state index in [9.17, 15) is 15.0 Å². The third-order valence-corrected chi connectivity index (χ3v) is 5.75. The van der Waals surface area contributed by atoms with Crippen LogP contribution in [0.2, 0.25) is 0 Å². The van der Waals surface area contributed by atoms with Gasteiger partial charge >= 0.3 is 5.63 Å². The summed E-state index contributed by atoms with van der Waals surface area (Å²) in [6.45, 7) is 5.38. The van der Waals surface area contributed by atoms with Gasteiger partial charge in [0.15, 0.2) is 0 Å². The minimum atomic E-state index is -1.32. The minimum Gasteiger partial charge on any atom is -0.462 e. The van der Waals surface area contributed by atoms with Gasteiger partial charge in [0.05, 0.1) is 11.2 Å². The molecule has 1 aliphatic rings. The standard InChI is InChI=1S/C24H26O7/c1-13-16-11-10-15(29-23-20(26)19(25)21(28-4)24(2,3)31-23)12-17(16)30-22(27)18(13)14-8-6-5-7-9-14/h5-12,19-21,23,25-26H,1-4H3/t19-,20+,21-,23?/m1/s1. The highest BCUT2D eigenvalue weighted by Gasteiger charge is 2.50. The Labute approximate surface area is 179 Å². The van der Waals surface area contributed by atoms with Gasteiger partial charge in [0, 0.05) is 18.6 Å².